The van der Waals surface area contributed by atoms with Crippen LogP contribution in [-0.4, -0.2) is 13.4 Å². The molecule has 0 aliphatic rings. The largest absolute Gasteiger partial charge is 0.399 e. The van der Waals surface area contributed by atoms with Crippen molar-refractivity contribution in [2.24, 2.45) is 0 Å². The molecule has 2 rings (SSSR count). The summed E-state index contributed by atoms with van der Waals surface area (Å²) in [5.41, 5.74) is 6.74. The van der Waals surface area contributed by atoms with Crippen molar-refractivity contribution in [1.82, 2.24) is 4.98 Å². The van der Waals surface area contributed by atoms with E-state index >= 15 is 0 Å². The monoisotopic (exact) mass is 331 g/mol. The van der Waals surface area contributed by atoms with Gasteiger partial charge in [0.25, 0.3) is 10.0 Å². The van der Waals surface area contributed by atoms with E-state index in [-0.39, 0.29) is 20.6 Å². The first kappa shape index (κ1) is 14.9. The van der Waals surface area contributed by atoms with Crippen LogP contribution in [0.1, 0.15) is 5.69 Å². The summed E-state index contributed by atoms with van der Waals surface area (Å²) in [5, 5.41) is -0.0758. The van der Waals surface area contributed by atoms with Crippen LogP contribution in [0, 0.1) is 6.92 Å². The third kappa shape index (κ3) is 2.98. The number of hydrogen-bond donors (Lipinski definition) is 2. The maximum absolute atomic E-state index is 12.4. The van der Waals surface area contributed by atoms with E-state index in [0.29, 0.717) is 11.4 Å². The van der Waals surface area contributed by atoms with Crippen molar-refractivity contribution < 1.29 is 8.42 Å². The van der Waals surface area contributed by atoms with Crippen LogP contribution in [0.15, 0.2) is 35.4 Å². The molecule has 0 bridgehead atoms. The van der Waals surface area contributed by atoms with Crippen LogP contribution in [0.3, 0.4) is 0 Å². The van der Waals surface area contributed by atoms with Gasteiger partial charge >= 0.3 is 0 Å². The molecule has 0 spiro atoms. The van der Waals surface area contributed by atoms with Crippen LogP contribution >= 0.6 is 23.2 Å². The van der Waals surface area contributed by atoms with Crippen molar-refractivity contribution in [3.8, 4) is 0 Å². The van der Waals surface area contributed by atoms with Gasteiger partial charge in [-0.15, -0.1) is 0 Å². The molecular formula is C12H11Cl2N3O2S. The zero-order chi connectivity index (χ0) is 14.9. The smallest absolute Gasteiger partial charge is 0.264 e. The van der Waals surface area contributed by atoms with Gasteiger partial charge in [-0.25, -0.2) is 8.42 Å². The Bertz CT molecular complexity index is 740. The number of sulfonamides is 1. The first-order valence-corrected chi connectivity index (χ1v) is 7.74. The Kier molecular flexibility index (Phi) is 4.08. The Morgan fingerprint density at radius 2 is 1.85 bits per heavy atom. The number of halogens is 2. The standard InChI is InChI=1S/C12H11Cl2N3O2S/c1-7-11(3-2-4-16-7)17-20(18,19)12-9(13)5-8(15)6-10(12)14/h2-6,17H,15H2,1H3. The Morgan fingerprint density at radius 1 is 1.25 bits per heavy atom. The maximum atomic E-state index is 12.4. The molecule has 0 atom stereocenters. The molecule has 8 heteroatoms. The van der Waals surface area contributed by atoms with Crippen LogP contribution in [0.5, 0.6) is 0 Å². The van der Waals surface area contributed by atoms with Gasteiger partial charge in [-0.3, -0.25) is 9.71 Å². The number of anilines is 2. The van der Waals surface area contributed by atoms with Gasteiger partial charge in [-0.2, -0.15) is 0 Å². The van der Waals surface area contributed by atoms with Crippen LogP contribution < -0.4 is 10.5 Å². The highest BCUT2D eigenvalue weighted by Gasteiger charge is 2.23. The Hall–Kier alpha value is -1.50. The molecule has 106 valence electrons. The predicted octanol–water partition coefficient (Wildman–Crippen LogP) is 3.08. The SMILES string of the molecule is Cc1ncccc1NS(=O)(=O)c1c(Cl)cc(N)cc1Cl. The second-order valence-corrected chi connectivity index (χ2v) is 6.49. The maximum Gasteiger partial charge on any atom is 0.264 e. The van der Waals surface area contributed by atoms with Gasteiger partial charge in [-0.1, -0.05) is 23.2 Å². The number of aromatic nitrogens is 1. The number of benzene rings is 1. The average Bonchev–Trinajstić information content (AvgIpc) is 2.30. The van der Waals surface area contributed by atoms with E-state index in [1.54, 1.807) is 25.3 Å². The van der Waals surface area contributed by atoms with Gasteiger partial charge in [0.15, 0.2) is 0 Å². The Balaban J connectivity index is 2.50. The fourth-order valence-electron chi connectivity index (χ4n) is 1.62. The Morgan fingerprint density at radius 3 is 2.40 bits per heavy atom. The lowest BCUT2D eigenvalue weighted by atomic mass is 10.3. The second-order valence-electron chi connectivity index (χ2n) is 4.06. The fourth-order valence-corrected chi connectivity index (χ4v) is 3.98. The van der Waals surface area contributed by atoms with Crippen LogP contribution in [0.4, 0.5) is 11.4 Å². The summed E-state index contributed by atoms with van der Waals surface area (Å²) in [6, 6.07) is 5.88. The van der Waals surface area contributed by atoms with E-state index in [2.05, 4.69) is 9.71 Å². The highest BCUT2D eigenvalue weighted by Crippen LogP contribution is 2.33. The van der Waals surface area contributed by atoms with E-state index < -0.39 is 10.0 Å². The summed E-state index contributed by atoms with van der Waals surface area (Å²) in [6.07, 6.45) is 1.57. The second kappa shape index (κ2) is 5.47. The average molecular weight is 332 g/mol. The van der Waals surface area contributed by atoms with Crippen LogP contribution in [0.25, 0.3) is 0 Å². The number of hydrogen-bond acceptors (Lipinski definition) is 4. The fraction of sp³-hybridized carbons (Fsp3) is 0.0833. The zero-order valence-corrected chi connectivity index (χ0v) is 12.7. The molecular weight excluding hydrogens is 321 g/mol. The van der Waals surface area contributed by atoms with Crippen molar-refractivity contribution in [2.45, 2.75) is 11.8 Å². The summed E-state index contributed by atoms with van der Waals surface area (Å²) >= 11 is 11.9. The first-order chi connectivity index (χ1) is 9.31. The molecule has 0 aliphatic heterocycles. The molecule has 0 radical (unpaired) electrons. The van der Waals surface area contributed by atoms with E-state index in [1.807, 2.05) is 0 Å². The van der Waals surface area contributed by atoms with E-state index in [1.165, 1.54) is 12.1 Å². The van der Waals surface area contributed by atoms with Crippen LogP contribution in [-0.2, 0) is 10.0 Å². The molecule has 20 heavy (non-hydrogen) atoms. The molecule has 5 nitrogen and oxygen atoms in total. The normalized spacial score (nSPS) is 11.3. The Labute approximate surface area is 126 Å². The van der Waals surface area contributed by atoms with Crippen molar-refractivity contribution in [1.29, 1.82) is 0 Å². The zero-order valence-electron chi connectivity index (χ0n) is 10.4. The number of pyridine rings is 1. The predicted molar refractivity (Wildman–Crippen MR) is 80.7 cm³/mol. The minimum absolute atomic E-state index is 0.0379. The third-order valence-corrected chi connectivity index (χ3v) is 4.83. The number of nitrogens with zero attached hydrogens (tertiary/aromatic N) is 1. The van der Waals surface area contributed by atoms with E-state index in [0.717, 1.165) is 0 Å². The first-order valence-electron chi connectivity index (χ1n) is 5.50. The molecule has 1 aromatic heterocycles. The summed E-state index contributed by atoms with van der Waals surface area (Å²) in [4.78, 5) is 3.79. The van der Waals surface area contributed by atoms with Gasteiger partial charge in [0.05, 0.1) is 21.4 Å². The van der Waals surface area contributed by atoms with Crippen molar-refractivity contribution in [3.05, 3.63) is 46.2 Å². The van der Waals surface area contributed by atoms with E-state index in [4.69, 9.17) is 28.9 Å². The van der Waals surface area contributed by atoms with E-state index in [9.17, 15) is 8.42 Å². The van der Waals surface area contributed by atoms with Gasteiger partial charge in [-0.05, 0) is 31.2 Å². The molecule has 0 saturated carbocycles. The minimum Gasteiger partial charge on any atom is -0.399 e. The van der Waals surface area contributed by atoms with Gasteiger partial charge in [0, 0.05) is 11.9 Å². The van der Waals surface area contributed by atoms with Gasteiger partial charge in [0.2, 0.25) is 0 Å². The summed E-state index contributed by atoms with van der Waals surface area (Å²) in [5.74, 6) is 0. The summed E-state index contributed by atoms with van der Waals surface area (Å²) < 4.78 is 27.1. The van der Waals surface area contributed by atoms with Crippen molar-refractivity contribution in [2.75, 3.05) is 10.5 Å². The lowest BCUT2D eigenvalue weighted by Crippen LogP contribution is -2.15. The molecule has 0 saturated heterocycles. The highest BCUT2D eigenvalue weighted by molar-refractivity contribution is 7.93. The highest BCUT2D eigenvalue weighted by atomic mass is 35.5. The number of nitrogens with one attached hydrogen (secondary N) is 1. The molecule has 0 aliphatic carbocycles. The van der Waals surface area contributed by atoms with Gasteiger partial charge < -0.3 is 5.73 Å². The lowest BCUT2D eigenvalue weighted by molar-refractivity contribution is 0.601. The minimum atomic E-state index is -3.92. The topological polar surface area (TPSA) is 85.1 Å². The summed E-state index contributed by atoms with van der Waals surface area (Å²) in [6.45, 7) is 1.68. The molecule has 3 N–H and O–H groups in total. The molecule has 0 unspecified atom stereocenters. The molecule has 2 aromatic rings. The van der Waals surface area contributed by atoms with Gasteiger partial charge in [0.1, 0.15) is 4.90 Å². The molecule has 1 heterocycles. The quantitative estimate of drug-likeness (QED) is 0.846. The number of aryl methyl sites for hydroxylation is 1. The molecule has 0 fully saturated rings. The third-order valence-electron chi connectivity index (χ3n) is 2.54. The van der Waals surface area contributed by atoms with Crippen molar-refractivity contribution in [3.63, 3.8) is 0 Å². The summed E-state index contributed by atoms with van der Waals surface area (Å²) in [7, 11) is -3.92. The number of nitrogen functional groups attached to an aromatic ring is 1. The van der Waals surface area contributed by atoms with Crippen molar-refractivity contribution >= 4 is 44.6 Å². The number of rotatable bonds is 3. The number of nitrogens with two attached hydrogens (primary N) is 1. The molecule has 0 amide bonds. The lowest BCUT2D eigenvalue weighted by Gasteiger charge is -2.12. The van der Waals surface area contributed by atoms with Crippen LogP contribution in [0.2, 0.25) is 10.0 Å². The molecule has 1 aromatic carbocycles.